The lowest BCUT2D eigenvalue weighted by Gasteiger charge is -2.18. The Balaban J connectivity index is 2.87. The minimum atomic E-state index is -0.736. The predicted molar refractivity (Wildman–Crippen MR) is 61.3 cm³/mol. The van der Waals surface area contributed by atoms with Gasteiger partial charge in [-0.15, -0.1) is 0 Å². The maximum Gasteiger partial charge on any atom is 0.307 e. The summed E-state index contributed by atoms with van der Waals surface area (Å²) in [6.07, 6.45) is 0.638. The van der Waals surface area contributed by atoms with Crippen molar-refractivity contribution >= 4 is 17.6 Å². The van der Waals surface area contributed by atoms with Gasteiger partial charge in [0.25, 0.3) is 0 Å². The quantitative estimate of drug-likeness (QED) is 0.853. The van der Waals surface area contributed by atoms with Gasteiger partial charge in [-0.3, -0.25) is 4.79 Å². The largest absolute Gasteiger partial charge is 0.481 e. The van der Waals surface area contributed by atoms with Gasteiger partial charge < -0.3 is 5.11 Å². The summed E-state index contributed by atoms with van der Waals surface area (Å²) in [5.74, 6) is -1.05. The van der Waals surface area contributed by atoms with Crippen molar-refractivity contribution in [3.05, 3.63) is 34.9 Å². The molecule has 0 aliphatic heterocycles. The Hall–Kier alpha value is -1.02. The van der Waals surface area contributed by atoms with Crippen LogP contribution in [0, 0.1) is 5.92 Å². The fourth-order valence-corrected chi connectivity index (χ4v) is 1.87. The molecule has 1 aromatic rings. The smallest absolute Gasteiger partial charge is 0.307 e. The van der Waals surface area contributed by atoms with Crippen molar-refractivity contribution in [1.29, 1.82) is 0 Å². The van der Waals surface area contributed by atoms with E-state index in [1.54, 1.807) is 12.1 Å². The van der Waals surface area contributed by atoms with Crippen LogP contribution in [-0.2, 0) is 4.79 Å². The van der Waals surface area contributed by atoms with Crippen molar-refractivity contribution in [2.75, 3.05) is 0 Å². The number of carboxylic acid groups (broad SMARTS) is 1. The lowest BCUT2D eigenvalue weighted by Crippen LogP contribution is -2.19. The SMILES string of the molecule is CCC(C(=O)O)C(C)c1ccc(Cl)cc1. The molecule has 2 atom stereocenters. The Labute approximate surface area is 94.9 Å². The highest BCUT2D eigenvalue weighted by molar-refractivity contribution is 6.30. The Morgan fingerprint density at radius 2 is 1.93 bits per heavy atom. The van der Waals surface area contributed by atoms with Crippen LogP contribution in [0.2, 0.25) is 5.02 Å². The van der Waals surface area contributed by atoms with E-state index in [0.29, 0.717) is 11.4 Å². The first kappa shape index (κ1) is 12.1. The first-order valence-electron chi connectivity index (χ1n) is 5.04. The zero-order chi connectivity index (χ0) is 11.4. The average Bonchev–Trinajstić information content (AvgIpc) is 2.19. The van der Waals surface area contributed by atoms with Crippen molar-refractivity contribution in [1.82, 2.24) is 0 Å². The van der Waals surface area contributed by atoms with E-state index in [1.165, 1.54) is 0 Å². The summed E-state index contributed by atoms with van der Waals surface area (Å²) in [5, 5.41) is 9.71. The standard InChI is InChI=1S/C12H15ClO2/c1-3-11(12(14)15)8(2)9-4-6-10(13)7-5-9/h4-8,11H,3H2,1-2H3,(H,14,15). The van der Waals surface area contributed by atoms with E-state index in [1.807, 2.05) is 26.0 Å². The number of carbonyl (C=O) groups is 1. The van der Waals surface area contributed by atoms with E-state index < -0.39 is 5.97 Å². The molecule has 0 spiro atoms. The topological polar surface area (TPSA) is 37.3 Å². The highest BCUT2D eigenvalue weighted by Gasteiger charge is 2.23. The summed E-state index contributed by atoms with van der Waals surface area (Å²) in [6.45, 7) is 3.83. The first-order valence-corrected chi connectivity index (χ1v) is 5.42. The van der Waals surface area contributed by atoms with Crippen LogP contribution >= 0.6 is 11.6 Å². The zero-order valence-electron chi connectivity index (χ0n) is 8.90. The number of rotatable bonds is 4. The van der Waals surface area contributed by atoms with E-state index in [0.717, 1.165) is 5.56 Å². The third-order valence-electron chi connectivity index (χ3n) is 2.76. The third kappa shape index (κ3) is 2.96. The molecule has 0 aromatic heterocycles. The molecule has 0 fully saturated rings. The van der Waals surface area contributed by atoms with Crippen LogP contribution in [-0.4, -0.2) is 11.1 Å². The first-order chi connectivity index (χ1) is 7.06. The van der Waals surface area contributed by atoms with Crippen molar-refractivity contribution < 1.29 is 9.90 Å². The van der Waals surface area contributed by atoms with Crippen LogP contribution in [0.15, 0.2) is 24.3 Å². The number of halogens is 1. The zero-order valence-corrected chi connectivity index (χ0v) is 9.66. The highest BCUT2D eigenvalue weighted by Crippen LogP contribution is 2.27. The van der Waals surface area contributed by atoms with Gasteiger partial charge in [0.15, 0.2) is 0 Å². The second kappa shape index (κ2) is 5.17. The van der Waals surface area contributed by atoms with Gasteiger partial charge in [-0.05, 0) is 30.0 Å². The Bertz CT molecular complexity index is 332. The molecule has 15 heavy (non-hydrogen) atoms. The lowest BCUT2D eigenvalue weighted by atomic mass is 9.86. The average molecular weight is 227 g/mol. The van der Waals surface area contributed by atoms with Crippen LogP contribution in [0.25, 0.3) is 0 Å². The number of benzene rings is 1. The molecule has 3 heteroatoms. The minimum Gasteiger partial charge on any atom is -0.481 e. The van der Waals surface area contributed by atoms with Gasteiger partial charge in [0.2, 0.25) is 0 Å². The molecule has 2 unspecified atom stereocenters. The fourth-order valence-electron chi connectivity index (χ4n) is 1.74. The van der Waals surface area contributed by atoms with Gasteiger partial charge >= 0.3 is 5.97 Å². The minimum absolute atomic E-state index is 0.0183. The van der Waals surface area contributed by atoms with E-state index in [2.05, 4.69) is 0 Å². The molecule has 0 saturated carbocycles. The van der Waals surface area contributed by atoms with E-state index in [4.69, 9.17) is 16.7 Å². The van der Waals surface area contributed by atoms with Crippen LogP contribution < -0.4 is 0 Å². The van der Waals surface area contributed by atoms with Crippen LogP contribution in [0.3, 0.4) is 0 Å². The van der Waals surface area contributed by atoms with Crippen molar-refractivity contribution in [2.45, 2.75) is 26.2 Å². The number of hydrogen-bond acceptors (Lipinski definition) is 1. The maximum atomic E-state index is 11.0. The molecule has 1 N–H and O–H groups in total. The molecule has 0 saturated heterocycles. The van der Waals surface area contributed by atoms with Gasteiger partial charge in [0.1, 0.15) is 0 Å². The van der Waals surface area contributed by atoms with Gasteiger partial charge in [-0.25, -0.2) is 0 Å². The molecule has 0 heterocycles. The van der Waals surface area contributed by atoms with E-state index >= 15 is 0 Å². The monoisotopic (exact) mass is 226 g/mol. The molecule has 1 aromatic carbocycles. The van der Waals surface area contributed by atoms with E-state index in [9.17, 15) is 4.79 Å². The predicted octanol–water partition coefficient (Wildman–Crippen LogP) is 3.55. The lowest BCUT2D eigenvalue weighted by molar-refractivity contribution is -0.142. The molecule has 0 aliphatic rings. The summed E-state index contributed by atoms with van der Waals surface area (Å²) >= 11 is 5.78. The molecule has 0 bridgehead atoms. The number of carboxylic acids is 1. The Morgan fingerprint density at radius 1 is 1.40 bits per heavy atom. The fraction of sp³-hybridized carbons (Fsp3) is 0.417. The number of aliphatic carboxylic acids is 1. The summed E-state index contributed by atoms with van der Waals surface area (Å²) in [5.41, 5.74) is 1.02. The van der Waals surface area contributed by atoms with Crippen molar-refractivity contribution in [3.63, 3.8) is 0 Å². The Kier molecular flexibility index (Phi) is 4.15. The molecule has 0 amide bonds. The Morgan fingerprint density at radius 3 is 2.33 bits per heavy atom. The summed E-state index contributed by atoms with van der Waals surface area (Å²) < 4.78 is 0. The van der Waals surface area contributed by atoms with Gasteiger partial charge in [-0.1, -0.05) is 37.6 Å². The highest BCUT2D eigenvalue weighted by atomic mass is 35.5. The molecule has 0 aliphatic carbocycles. The van der Waals surface area contributed by atoms with E-state index in [-0.39, 0.29) is 11.8 Å². The normalized spacial score (nSPS) is 14.6. The second-order valence-electron chi connectivity index (χ2n) is 3.69. The third-order valence-corrected chi connectivity index (χ3v) is 3.01. The molecular formula is C12H15ClO2. The second-order valence-corrected chi connectivity index (χ2v) is 4.13. The molecular weight excluding hydrogens is 212 g/mol. The van der Waals surface area contributed by atoms with Gasteiger partial charge in [-0.2, -0.15) is 0 Å². The molecule has 1 rings (SSSR count). The number of hydrogen-bond donors (Lipinski definition) is 1. The van der Waals surface area contributed by atoms with Gasteiger partial charge in [0, 0.05) is 5.02 Å². The van der Waals surface area contributed by atoms with Crippen LogP contribution in [0.1, 0.15) is 31.7 Å². The summed E-state index contributed by atoms with van der Waals surface area (Å²) in [6, 6.07) is 7.36. The van der Waals surface area contributed by atoms with Crippen molar-refractivity contribution in [2.24, 2.45) is 5.92 Å². The molecule has 2 nitrogen and oxygen atoms in total. The van der Waals surface area contributed by atoms with Crippen LogP contribution in [0.5, 0.6) is 0 Å². The van der Waals surface area contributed by atoms with Crippen LogP contribution in [0.4, 0.5) is 0 Å². The van der Waals surface area contributed by atoms with Crippen molar-refractivity contribution in [3.8, 4) is 0 Å². The summed E-state index contributed by atoms with van der Waals surface area (Å²) in [4.78, 5) is 11.0. The molecule has 0 radical (unpaired) electrons. The maximum absolute atomic E-state index is 11.0. The summed E-state index contributed by atoms with van der Waals surface area (Å²) in [7, 11) is 0. The molecule has 82 valence electrons. The van der Waals surface area contributed by atoms with Gasteiger partial charge in [0.05, 0.1) is 5.92 Å².